The molecule has 1 aromatic carbocycles. The van der Waals surface area contributed by atoms with Crippen LogP contribution in [0.2, 0.25) is 0 Å². The van der Waals surface area contributed by atoms with Gasteiger partial charge in [-0.2, -0.15) is 0 Å². The molecular formula is C30H42N2. The zero-order valence-electron chi connectivity index (χ0n) is 20.7. The summed E-state index contributed by atoms with van der Waals surface area (Å²) in [6.45, 7) is 5.39. The average Bonchev–Trinajstić information content (AvgIpc) is 3.19. The Morgan fingerprint density at radius 2 is 1.78 bits per heavy atom. The van der Waals surface area contributed by atoms with Crippen molar-refractivity contribution in [2.24, 2.45) is 34.5 Å². The summed E-state index contributed by atoms with van der Waals surface area (Å²) in [5.41, 5.74) is 2.68. The summed E-state index contributed by atoms with van der Waals surface area (Å²) in [5.74, 6) is 4.40. The Morgan fingerprint density at radius 3 is 2.62 bits per heavy atom. The predicted molar refractivity (Wildman–Crippen MR) is 134 cm³/mol. The Hall–Kier alpha value is -1.41. The van der Waals surface area contributed by atoms with E-state index in [2.05, 4.69) is 68.3 Å². The van der Waals surface area contributed by atoms with Crippen LogP contribution in [0.4, 0.5) is 0 Å². The standard InChI is InChI=1S/C30H42N2/c1-29-13-5-6-26(29)25-10-9-23-17-24(32(3)4)18-28(30(23,2)27(25)11-14-29)21-8-7-20-12-15-31-19-22(20)16-21/h7-8,12,15-16,19,23-28H,5-6,9-11,13-14,17-18H2,1-4H3/t23?,24-,25+,26-,27-,28?,29-,30-/m0/s1. The maximum atomic E-state index is 4.44. The third-order valence-electron chi connectivity index (χ3n) is 11.4. The summed E-state index contributed by atoms with van der Waals surface area (Å²) in [6, 6.07) is 10.2. The van der Waals surface area contributed by atoms with Crippen LogP contribution in [-0.2, 0) is 0 Å². The van der Waals surface area contributed by atoms with Crippen LogP contribution < -0.4 is 0 Å². The second-order valence-electron chi connectivity index (χ2n) is 12.7. The monoisotopic (exact) mass is 430 g/mol. The lowest BCUT2D eigenvalue weighted by Crippen LogP contribution is -2.57. The van der Waals surface area contributed by atoms with Crippen LogP contribution in [-0.4, -0.2) is 30.0 Å². The highest BCUT2D eigenvalue weighted by atomic mass is 15.1. The summed E-state index contributed by atoms with van der Waals surface area (Å²) >= 11 is 0. The first-order valence-electron chi connectivity index (χ1n) is 13.4. The minimum absolute atomic E-state index is 0.440. The number of pyridine rings is 1. The fourth-order valence-electron chi connectivity index (χ4n) is 9.57. The molecule has 1 aromatic heterocycles. The van der Waals surface area contributed by atoms with E-state index in [-0.39, 0.29) is 0 Å². The molecule has 4 aliphatic rings. The van der Waals surface area contributed by atoms with Gasteiger partial charge < -0.3 is 4.90 Å². The van der Waals surface area contributed by atoms with Crippen molar-refractivity contribution in [3.63, 3.8) is 0 Å². The molecule has 4 saturated carbocycles. The Balaban J connectivity index is 1.43. The van der Waals surface area contributed by atoms with E-state index in [1.165, 1.54) is 68.6 Å². The van der Waals surface area contributed by atoms with E-state index in [0.29, 0.717) is 22.8 Å². The van der Waals surface area contributed by atoms with E-state index in [1.54, 1.807) is 5.56 Å². The highest BCUT2D eigenvalue weighted by Crippen LogP contribution is 2.69. The van der Waals surface area contributed by atoms with Gasteiger partial charge in [0.1, 0.15) is 0 Å². The Kier molecular flexibility index (Phi) is 4.99. The third-order valence-corrected chi connectivity index (χ3v) is 11.4. The highest BCUT2D eigenvalue weighted by Gasteiger charge is 2.60. The molecule has 0 bridgehead atoms. The van der Waals surface area contributed by atoms with E-state index < -0.39 is 0 Å². The average molecular weight is 431 g/mol. The number of benzene rings is 1. The fraction of sp³-hybridized carbons (Fsp3) is 0.700. The summed E-state index contributed by atoms with van der Waals surface area (Å²) < 4.78 is 0. The van der Waals surface area contributed by atoms with Gasteiger partial charge in [-0.15, -0.1) is 0 Å². The van der Waals surface area contributed by atoms with Crippen molar-refractivity contribution in [2.45, 2.75) is 83.6 Å². The highest BCUT2D eigenvalue weighted by molar-refractivity contribution is 5.82. The van der Waals surface area contributed by atoms with Crippen LogP contribution in [0.3, 0.4) is 0 Å². The van der Waals surface area contributed by atoms with Crippen molar-refractivity contribution in [1.82, 2.24) is 9.88 Å². The summed E-state index contributed by atoms with van der Waals surface area (Å²) in [7, 11) is 4.62. The Bertz CT molecular complexity index is 997. The van der Waals surface area contributed by atoms with Gasteiger partial charge in [0.05, 0.1) is 0 Å². The van der Waals surface area contributed by atoms with Crippen molar-refractivity contribution in [3.8, 4) is 0 Å². The molecule has 2 heteroatoms. The molecule has 0 saturated heterocycles. The van der Waals surface area contributed by atoms with Crippen LogP contribution in [0.25, 0.3) is 10.8 Å². The SMILES string of the molecule is CN(C)[C@H]1CC2CC[C@@H]3[C@@H]4CCC[C@@]4(C)CC[C@@H]3[C@@]2(C)C(c2ccc3ccncc3c2)C1. The molecule has 0 amide bonds. The van der Waals surface area contributed by atoms with Crippen LogP contribution in [0.5, 0.6) is 0 Å². The molecule has 2 nitrogen and oxygen atoms in total. The molecule has 4 aliphatic carbocycles. The summed E-state index contributed by atoms with van der Waals surface area (Å²) in [4.78, 5) is 6.97. The number of hydrogen-bond donors (Lipinski definition) is 0. The molecule has 4 fully saturated rings. The molecule has 0 radical (unpaired) electrons. The molecule has 32 heavy (non-hydrogen) atoms. The zero-order chi connectivity index (χ0) is 22.1. The van der Waals surface area contributed by atoms with Crippen molar-refractivity contribution in [2.75, 3.05) is 14.1 Å². The molecule has 6 rings (SSSR count). The van der Waals surface area contributed by atoms with E-state index in [1.807, 2.05) is 6.20 Å². The quantitative estimate of drug-likeness (QED) is 0.497. The molecule has 0 aliphatic heterocycles. The summed E-state index contributed by atoms with van der Waals surface area (Å²) in [5, 5.41) is 2.64. The largest absolute Gasteiger partial charge is 0.306 e. The van der Waals surface area contributed by atoms with Gasteiger partial charge in [0, 0.05) is 23.8 Å². The van der Waals surface area contributed by atoms with Gasteiger partial charge in [0.2, 0.25) is 0 Å². The predicted octanol–water partition coefficient (Wildman–Crippen LogP) is 7.29. The van der Waals surface area contributed by atoms with Crippen molar-refractivity contribution in [3.05, 3.63) is 42.2 Å². The lowest BCUT2D eigenvalue weighted by atomic mass is 9.42. The maximum absolute atomic E-state index is 4.44. The molecule has 0 spiro atoms. The molecule has 2 unspecified atom stereocenters. The Labute approximate surface area is 195 Å². The van der Waals surface area contributed by atoms with Crippen LogP contribution >= 0.6 is 0 Å². The van der Waals surface area contributed by atoms with E-state index in [0.717, 1.165) is 23.7 Å². The third kappa shape index (κ3) is 3.04. The second kappa shape index (κ2) is 7.55. The van der Waals surface area contributed by atoms with Crippen molar-refractivity contribution in [1.29, 1.82) is 0 Å². The van der Waals surface area contributed by atoms with Gasteiger partial charge in [-0.05, 0) is 129 Å². The number of hydrogen-bond acceptors (Lipinski definition) is 2. The van der Waals surface area contributed by atoms with Crippen molar-refractivity contribution < 1.29 is 0 Å². The lowest BCUT2D eigenvalue weighted by Gasteiger charge is -2.63. The first-order chi connectivity index (χ1) is 15.4. The van der Waals surface area contributed by atoms with Crippen molar-refractivity contribution >= 4 is 10.8 Å². The minimum atomic E-state index is 0.440. The molecule has 2 aromatic rings. The van der Waals surface area contributed by atoms with Gasteiger partial charge in [-0.1, -0.05) is 32.4 Å². The van der Waals surface area contributed by atoms with Gasteiger partial charge in [0.15, 0.2) is 0 Å². The maximum Gasteiger partial charge on any atom is 0.0346 e. The molecule has 172 valence electrons. The number of nitrogens with zero attached hydrogens (tertiary/aromatic N) is 2. The second-order valence-corrected chi connectivity index (χ2v) is 12.7. The van der Waals surface area contributed by atoms with Crippen LogP contribution in [0, 0.1) is 34.5 Å². The molecule has 0 N–H and O–H groups in total. The Morgan fingerprint density at radius 1 is 0.906 bits per heavy atom. The number of rotatable bonds is 2. The molecule has 8 atom stereocenters. The zero-order valence-corrected chi connectivity index (χ0v) is 20.7. The van der Waals surface area contributed by atoms with Gasteiger partial charge in [-0.3, -0.25) is 4.98 Å². The van der Waals surface area contributed by atoms with E-state index in [4.69, 9.17) is 0 Å². The normalized spacial score (nSPS) is 43.7. The number of fused-ring (bicyclic) bond motifs is 6. The van der Waals surface area contributed by atoms with Crippen LogP contribution in [0.1, 0.15) is 83.1 Å². The minimum Gasteiger partial charge on any atom is -0.306 e. The van der Waals surface area contributed by atoms with Gasteiger partial charge in [-0.25, -0.2) is 0 Å². The van der Waals surface area contributed by atoms with Gasteiger partial charge in [0.25, 0.3) is 0 Å². The molecule has 1 heterocycles. The fourth-order valence-corrected chi connectivity index (χ4v) is 9.57. The molecular weight excluding hydrogens is 388 g/mol. The number of aromatic nitrogens is 1. The topological polar surface area (TPSA) is 16.1 Å². The van der Waals surface area contributed by atoms with E-state index >= 15 is 0 Å². The first-order valence-corrected chi connectivity index (χ1v) is 13.4. The van der Waals surface area contributed by atoms with Gasteiger partial charge >= 0.3 is 0 Å². The lowest BCUT2D eigenvalue weighted by molar-refractivity contribution is -0.124. The summed E-state index contributed by atoms with van der Waals surface area (Å²) in [6.07, 6.45) is 17.1. The van der Waals surface area contributed by atoms with Crippen LogP contribution in [0.15, 0.2) is 36.7 Å². The smallest absolute Gasteiger partial charge is 0.0346 e. The van der Waals surface area contributed by atoms with E-state index in [9.17, 15) is 0 Å². The first kappa shape index (κ1) is 21.1.